The van der Waals surface area contributed by atoms with Crippen LogP contribution in [0.5, 0.6) is 5.75 Å². The molecule has 0 saturated carbocycles. The van der Waals surface area contributed by atoms with Crippen LogP contribution in [0, 0.1) is 6.92 Å². The van der Waals surface area contributed by atoms with Gasteiger partial charge in [-0.25, -0.2) is 0 Å². The molecule has 0 heterocycles. The van der Waals surface area contributed by atoms with Crippen LogP contribution in [0.15, 0.2) is 65.1 Å². The van der Waals surface area contributed by atoms with E-state index in [2.05, 4.69) is 21.2 Å². The summed E-state index contributed by atoms with van der Waals surface area (Å²) in [5.41, 5.74) is 2.11. The van der Waals surface area contributed by atoms with Gasteiger partial charge < -0.3 is 15.0 Å². The number of aryl methyl sites for hydroxylation is 1. The van der Waals surface area contributed by atoms with Crippen LogP contribution < -0.4 is 10.1 Å². The van der Waals surface area contributed by atoms with Crippen LogP contribution in [-0.2, 0) is 16.1 Å². The molecule has 0 aromatic heterocycles. The zero-order valence-electron chi connectivity index (χ0n) is 18.7. The highest BCUT2D eigenvalue weighted by Gasteiger charge is 2.26. The maximum absolute atomic E-state index is 13.2. The van der Waals surface area contributed by atoms with Crippen LogP contribution in [0.2, 0.25) is 0 Å². The van der Waals surface area contributed by atoms with Gasteiger partial charge in [-0.15, -0.1) is 0 Å². The molecule has 3 rings (SSSR count). The lowest BCUT2D eigenvalue weighted by atomic mass is 10.1. The monoisotopic (exact) mass is 496 g/mol. The zero-order chi connectivity index (χ0) is 23.1. The second kappa shape index (κ2) is 11.1. The van der Waals surface area contributed by atoms with Gasteiger partial charge in [0.05, 0.1) is 4.47 Å². The van der Waals surface area contributed by atoms with Crippen molar-refractivity contribution in [1.29, 1.82) is 0 Å². The molecule has 0 aliphatic heterocycles. The van der Waals surface area contributed by atoms with E-state index in [0.29, 0.717) is 18.8 Å². The average molecular weight is 497 g/mol. The van der Waals surface area contributed by atoms with Crippen molar-refractivity contribution in [1.82, 2.24) is 10.2 Å². The van der Waals surface area contributed by atoms with E-state index in [9.17, 15) is 9.59 Å². The molecular formula is C26H29BrN2O3. The summed E-state index contributed by atoms with van der Waals surface area (Å²) in [5, 5.41) is 4.98. The number of nitrogens with one attached hydrogen (secondary N) is 1. The van der Waals surface area contributed by atoms with Gasteiger partial charge in [-0.3, -0.25) is 9.59 Å². The molecule has 2 amide bonds. The van der Waals surface area contributed by atoms with Crippen molar-refractivity contribution in [3.63, 3.8) is 0 Å². The van der Waals surface area contributed by atoms with Crippen molar-refractivity contribution < 1.29 is 14.3 Å². The maximum atomic E-state index is 13.2. The average Bonchev–Trinajstić information content (AvgIpc) is 2.81. The number of fused-ring (bicyclic) bond motifs is 1. The molecule has 1 atom stereocenters. The van der Waals surface area contributed by atoms with Crippen molar-refractivity contribution in [2.45, 2.75) is 39.8 Å². The molecule has 1 N–H and O–H groups in total. The normalized spacial score (nSPS) is 11.8. The van der Waals surface area contributed by atoms with E-state index in [1.54, 1.807) is 11.8 Å². The second-order valence-corrected chi connectivity index (χ2v) is 8.65. The van der Waals surface area contributed by atoms with Crippen molar-refractivity contribution >= 4 is 38.5 Å². The molecule has 0 aliphatic carbocycles. The van der Waals surface area contributed by atoms with Gasteiger partial charge in [0.15, 0.2) is 6.61 Å². The highest BCUT2D eigenvalue weighted by Crippen LogP contribution is 2.33. The summed E-state index contributed by atoms with van der Waals surface area (Å²) in [7, 11) is 0. The van der Waals surface area contributed by atoms with Crippen LogP contribution >= 0.6 is 15.9 Å². The molecule has 0 aliphatic rings. The highest BCUT2D eigenvalue weighted by atomic mass is 79.9. The Hall–Kier alpha value is -2.86. The van der Waals surface area contributed by atoms with Crippen LogP contribution in [0.3, 0.4) is 0 Å². The summed E-state index contributed by atoms with van der Waals surface area (Å²) in [5.74, 6) is 0.180. The van der Waals surface area contributed by atoms with Gasteiger partial charge in [0.2, 0.25) is 5.91 Å². The molecule has 5 nitrogen and oxygen atoms in total. The van der Waals surface area contributed by atoms with E-state index in [4.69, 9.17) is 4.74 Å². The van der Waals surface area contributed by atoms with Crippen LogP contribution in [0.25, 0.3) is 10.8 Å². The molecular weight excluding hydrogens is 468 g/mol. The smallest absolute Gasteiger partial charge is 0.261 e. The standard InChI is InChI=1S/C26H29BrN2O3/c1-4-15-28-26(31)19(3)29(16-20-11-9-18(2)10-12-20)24(30)17-32-23-14-13-21-7-5-6-8-22(21)25(23)27/h5-14,19H,4,15-17H2,1-3H3,(H,28,31)/t19-/m1/s1. The number of carbonyl (C=O) groups excluding carboxylic acids is 2. The third-order valence-corrected chi connectivity index (χ3v) is 6.19. The second-order valence-electron chi connectivity index (χ2n) is 7.86. The van der Waals surface area contributed by atoms with E-state index in [0.717, 1.165) is 32.8 Å². The molecule has 0 fully saturated rings. The highest BCUT2D eigenvalue weighted by molar-refractivity contribution is 9.10. The van der Waals surface area contributed by atoms with Gasteiger partial charge in [0.25, 0.3) is 5.91 Å². The van der Waals surface area contributed by atoms with E-state index in [-0.39, 0.29) is 18.4 Å². The molecule has 0 unspecified atom stereocenters. The summed E-state index contributed by atoms with van der Waals surface area (Å²) in [6.07, 6.45) is 0.837. The molecule has 6 heteroatoms. The molecule has 0 spiro atoms. The van der Waals surface area contributed by atoms with Crippen molar-refractivity contribution in [3.05, 3.63) is 76.3 Å². The first kappa shape index (κ1) is 23.8. The lowest BCUT2D eigenvalue weighted by Gasteiger charge is -2.29. The molecule has 0 bridgehead atoms. The first-order chi connectivity index (χ1) is 15.4. The molecule has 32 heavy (non-hydrogen) atoms. The molecule has 168 valence electrons. The fraction of sp³-hybridized carbons (Fsp3) is 0.308. The van der Waals surface area contributed by atoms with Crippen molar-refractivity contribution in [3.8, 4) is 5.75 Å². The number of benzene rings is 3. The van der Waals surface area contributed by atoms with Gasteiger partial charge in [-0.1, -0.05) is 67.1 Å². The molecule has 3 aromatic carbocycles. The fourth-order valence-corrected chi connectivity index (χ4v) is 4.02. The third kappa shape index (κ3) is 5.88. The largest absolute Gasteiger partial charge is 0.483 e. The molecule has 0 radical (unpaired) electrons. The lowest BCUT2D eigenvalue weighted by molar-refractivity contribution is -0.142. The summed E-state index contributed by atoms with van der Waals surface area (Å²) in [4.78, 5) is 27.4. The Morgan fingerprint density at radius 1 is 1.06 bits per heavy atom. The first-order valence-corrected chi connectivity index (χ1v) is 11.6. The van der Waals surface area contributed by atoms with Crippen LogP contribution in [0.4, 0.5) is 0 Å². The Kier molecular flexibility index (Phi) is 8.28. The van der Waals surface area contributed by atoms with Gasteiger partial charge in [-0.2, -0.15) is 0 Å². The topological polar surface area (TPSA) is 58.6 Å². The van der Waals surface area contributed by atoms with Crippen molar-refractivity contribution in [2.75, 3.05) is 13.2 Å². The Morgan fingerprint density at radius 3 is 2.50 bits per heavy atom. The number of carbonyl (C=O) groups is 2. The van der Waals surface area contributed by atoms with E-state index in [1.165, 1.54) is 0 Å². The number of halogens is 1. The lowest BCUT2D eigenvalue weighted by Crippen LogP contribution is -2.49. The number of hydrogen-bond donors (Lipinski definition) is 1. The third-order valence-electron chi connectivity index (χ3n) is 5.37. The predicted molar refractivity (Wildman–Crippen MR) is 132 cm³/mol. The Bertz CT molecular complexity index is 1080. The van der Waals surface area contributed by atoms with E-state index in [1.807, 2.05) is 74.5 Å². The number of ether oxygens (including phenoxy) is 1. The van der Waals surface area contributed by atoms with E-state index < -0.39 is 6.04 Å². The summed E-state index contributed by atoms with van der Waals surface area (Å²) in [6.45, 7) is 6.52. The van der Waals surface area contributed by atoms with Gasteiger partial charge >= 0.3 is 0 Å². The first-order valence-electron chi connectivity index (χ1n) is 10.8. The summed E-state index contributed by atoms with van der Waals surface area (Å²) >= 11 is 3.60. The minimum Gasteiger partial charge on any atom is -0.483 e. The Balaban J connectivity index is 1.77. The van der Waals surface area contributed by atoms with Crippen molar-refractivity contribution in [2.24, 2.45) is 0 Å². The number of hydrogen-bond acceptors (Lipinski definition) is 3. The fourth-order valence-electron chi connectivity index (χ4n) is 3.42. The zero-order valence-corrected chi connectivity index (χ0v) is 20.3. The van der Waals surface area contributed by atoms with Gasteiger partial charge in [-0.05, 0) is 58.6 Å². The van der Waals surface area contributed by atoms with Gasteiger partial charge in [0, 0.05) is 13.1 Å². The summed E-state index contributed by atoms with van der Waals surface area (Å²) < 4.78 is 6.69. The predicted octanol–water partition coefficient (Wildman–Crippen LogP) is 5.23. The minimum absolute atomic E-state index is 0.159. The minimum atomic E-state index is -0.612. The number of nitrogens with zero attached hydrogens (tertiary/aromatic N) is 1. The Labute approximate surface area is 197 Å². The quantitative estimate of drug-likeness (QED) is 0.440. The summed E-state index contributed by atoms with van der Waals surface area (Å²) in [6, 6.07) is 19.1. The molecule has 3 aromatic rings. The van der Waals surface area contributed by atoms with Gasteiger partial charge in [0.1, 0.15) is 11.8 Å². The van der Waals surface area contributed by atoms with Crippen LogP contribution in [0.1, 0.15) is 31.4 Å². The number of rotatable bonds is 9. The SMILES string of the molecule is CCCNC(=O)[C@@H](C)N(Cc1ccc(C)cc1)C(=O)COc1ccc2ccccc2c1Br. The molecule has 0 saturated heterocycles. The number of amides is 2. The van der Waals surface area contributed by atoms with E-state index >= 15 is 0 Å². The Morgan fingerprint density at radius 2 is 1.78 bits per heavy atom. The van der Waals surface area contributed by atoms with Crippen LogP contribution in [-0.4, -0.2) is 35.9 Å². The maximum Gasteiger partial charge on any atom is 0.261 e.